The summed E-state index contributed by atoms with van der Waals surface area (Å²) in [6, 6.07) is 3.13. The summed E-state index contributed by atoms with van der Waals surface area (Å²) in [6.45, 7) is 1.83. The number of nitrogens with zero attached hydrogens (tertiary/aromatic N) is 1. The molecule has 0 bridgehead atoms. The van der Waals surface area contributed by atoms with Crippen LogP contribution in [-0.4, -0.2) is 44.9 Å². The van der Waals surface area contributed by atoms with E-state index in [1.165, 1.54) is 6.20 Å². The first-order valence-corrected chi connectivity index (χ1v) is 7.92. The third kappa shape index (κ3) is 5.95. The minimum Gasteiger partial charge on any atom is -0.395 e. The van der Waals surface area contributed by atoms with Gasteiger partial charge in [0, 0.05) is 47.0 Å². The Morgan fingerprint density at radius 1 is 1.55 bits per heavy atom. The van der Waals surface area contributed by atoms with E-state index in [2.05, 4.69) is 22.1 Å². The zero-order valence-corrected chi connectivity index (χ0v) is 12.4. The number of nitrogens with one attached hydrogen (secondary N) is 1. The van der Waals surface area contributed by atoms with Crippen LogP contribution in [0.1, 0.15) is 29.4 Å². The van der Waals surface area contributed by atoms with Crippen LogP contribution in [-0.2, 0) is 10.8 Å². The molecule has 0 aliphatic heterocycles. The third-order valence-electron chi connectivity index (χ3n) is 2.33. The Morgan fingerprint density at radius 2 is 2.30 bits per heavy atom. The monoisotopic (exact) mass is 294 g/mol. The molecule has 0 aliphatic carbocycles. The van der Waals surface area contributed by atoms with Gasteiger partial charge in [-0.25, -0.2) is 4.98 Å². The van der Waals surface area contributed by atoms with Crippen molar-refractivity contribution in [2.45, 2.75) is 19.4 Å². The molecule has 0 spiro atoms. The van der Waals surface area contributed by atoms with Crippen LogP contribution in [0.3, 0.4) is 0 Å². The number of aromatic nitrogens is 1. The van der Waals surface area contributed by atoms with Gasteiger partial charge in [-0.3, -0.25) is 9.00 Å². The largest absolute Gasteiger partial charge is 0.395 e. The maximum Gasteiger partial charge on any atom is 0.270 e. The molecule has 1 aromatic rings. The van der Waals surface area contributed by atoms with Crippen molar-refractivity contribution < 1.29 is 14.1 Å². The molecule has 2 atom stereocenters. The summed E-state index contributed by atoms with van der Waals surface area (Å²) in [5, 5.41) is 11.4. The summed E-state index contributed by atoms with van der Waals surface area (Å²) in [6.07, 6.45) is 3.52. The number of amides is 1. The van der Waals surface area contributed by atoms with E-state index in [0.717, 1.165) is 0 Å². The molecule has 0 saturated carbocycles. The molecule has 2 N–H and O–H groups in total. The second-order valence-electron chi connectivity index (χ2n) is 4.32. The first-order valence-electron chi connectivity index (χ1n) is 6.19. The number of carbonyl (C=O) groups excluding carboxylic acids is 1. The van der Waals surface area contributed by atoms with Crippen LogP contribution in [0.2, 0.25) is 0 Å². The number of hydrogen-bond acceptors (Lipinski definition) is 4. The molecule has 5 nitrogen and oxygen atoms in total. The Balaban J connectivity index is 2.62. The molecule has 0 radical (unpaired) electrons. The van der Waals surface area contributed by atoms with Crippen molar-refractivity contribution in [1.82, 2.24) is 10.3 Å². The molecule has 2 unspecified atom stereocenters. The highest BCUT2D eigenvalue weighted by molar-refractivity contribution is 7.84. The first kappa shape index (κ1) is 16.3. The highest BCUT2D eigenvalue weighted by Gasteiger charge is 2.11. The molecular weight excluding hydrogens is 276 g/mol. The standard InChI is InChI=1S/C14H18N2O3S/c1-11(10-20(2)19)16-14(18)13-7-6-12(9-15-13)5-3-4-8-17/h6-7,9,11,17H,4,8,10H2,1-2H3,(H,16,18). The van der Waals surface area contributed by atoms with Gasteiger partial charge in [0.2, 0.25) is 0 Å². The van der Waals surface area contributed by atoms with E-state index in [4.69, 9.17) is 5.11 Å². The molecule has 6 heteroatoms. The van der Waals surface area contributed by atoms with Gasteiger partial charge >= 0.3 is 0 Å². The summed E-state index contributed by atoms with van der Waals surface area (Å²) in [4.78, 5) is 15.9. The van der Waals surface area contributed by atoms with Crippen LogP contribution in [0, 0.1) is 11.8 Å². The highest BCUT2D eigenvalue weighted by Crippen LogP contribution is 2.00. The molecule has 1 rings (SSSR count). The lowest BCUT2D eigenvalue weighted by Gasteiger charge is -2.11. The van der Waals surface area contributed by atoms with E-state index in [-0.39, 0.29) is 18.6 Å². The van der Waals surface area contributed by atoms with Gasteiger partial charge in [-0.1, -0.05) is 11.8 Å². The fourth-order valence-electron chi connectivity index (χ4n) is 1.51. The van der Waals surface area contributed by atoms with Crippen molar-refractivity contribution in [3.63, 3.8) is 0 Å². The molecular formula is C14H18N2O3S. The highest BCUT2D eigenvalue weighted by atomic mass is 32.2. The van der Waals surface area contributed by atoms with Gasteiger partial charge in [-0.05, 0) is 19.1 Å². The fraction of sp³-hybridized carbons (Fsp3) is 0.429. The van der Waals surface area contributed by atoms with Crippen LogP contribution in [0.25, 0.3) is 0 Å². The summed E-state index contributed by atoms with van der Waals surface area (Å²) in [5.74, 6) is 5.73. The van der Waals surface area contributed by atoms with Crippen LogP contribution in [0.4, 0.5) is 0 Å². The molecule has 1 aromatic heterocycles. The lowest BCUT2D eigenvalue weighted by molar-refractivity contribution is 0.0938. The van der Waals surface area contributed by atoms with Gasteiger partial charge in [0.15, 0.2) is 0 Å². The van der Waals surface area contributed by atoms with Gasteiger partial charge < -0.3 is 10.4 Å². The van der Waals surface area contributed by atoms with Crippen LogP contribution >= 0.6 is 0 Å². The van der Waals surface area contributed by atoms with Crippen molar-refractivity contribution in [2.75, 3.05) is 18.6 Å². The number of rotatable bonds is 5. The molecule has 1 amide bonds. The fourth-order valence-corrected chi connectivity index (χ4v) is 2.30. The topological polar surface area (TPSA) is 79.3 Å². The number of hydrogen-bond donors (Lipinski definition) is 2. The molecule has 0 saturated heterocycles. The summed E-state index contributed by atoms with van der Waals surface area (Å²) in [5.41, 5.74) is 0.990. The summed E-state index contributed by atoms with van der Waals surface area (Å²) >= 11 is 0. The molecule has 1 heterocycles. The number of pyridine rings is 1. The number of aliphatic hydroxyl groups is 1. The van der Waals surface area contributed by atoms with Gasteiger partial charge in [0.05, 0.1) is 6.61 Å². The van der Waals surface area contributed by atoms with E-state index in [1.54, 1.807) is 25.3 Å². The maximum absolute atomic E-state index is 11.9. The molecule has 0 aliphatic rings. The van der Waals surface area contributed by atoms with Crippen molar-refractivity contribution in [2.24, 2.45) is 0 Å². The Bertz CT molecular complexity index is 532. The minimum absolute atomic E-state index is 0.0254. The Hall–Kier alpha value is -1.71. The van der Waals surface area contributed by atoms with Crippen molar-refractivity contribution >= 4 is 16.7 Å². The Morgan fingerprint density at radius 3 is 2.85 bits per heavy atom. The minimum atomic E-state index is -0.951. The lowest BCUT2D eigenvalue weighted by atomic mass is 10.2. The summed E-state index contributed by atoms with van der Waals surface area (Å²) < 4.78 is 11.1. The SMILES string of the molecule is CC(CS(C)=O)NC(=O)c1ccc(C#CCCO)cn1. The van der Waals surface area contributed by atoms with Gasteiger partial charge in [-0.15, -0.1) is 0 Å². The van der Waals surface area contributed by atoms with Crippen LogP contribution < -0.4 is 5.32 Å². The second kappa shape index (κ2) is 8.46. The van der Waals surface area contributed by atoms with E-state index in [9.17, 15) is 9.00 Å². The predicted molar refractivity (Wildman–Crippen MR) is 78.7 cm³/mol. The van der Waals surface area contributed by atoms with E-state index >= 15 is 0 Å². The summed E-state index contributed by atoms with van der Waals surface area (Å²) in [7, 11) is -0.951. The van der Waals surface area contributed by atoms with E-state index in [0.29, 0.717) is 23.4 Å². The van der Waals surface area contributed by atoms with Crippen LogP contribution in [0.5, 0.6) is 0 Å². The van der Waals surface area contributed by atoms with E-state index < -0.39 is 10.8 Å². The van der Waals surface area contributed by atoms with E-state index in [1.807, 2.05) is 0 Å². The lowest BCUT2D eigenvalue weighted by Crippen LogP contribution is -2.36. The number of aliphatic hydroxyl groups excluding tert-OH is 1. The molecule has 0 aromatic carbocycles. The predicted octanol–water partition coefficient (Wildman–Crippen LogP) is 0.312. The van der Waals surface area contributed by atoms with Crippen molar-refractivity contribution in [3.8, 4) is 11.8 Å². The van der Waals surface area contributed by atoms with Gasteiger partial charge in [-0.2, -0.15) is 0 Å². The molecule has 20 heavy (non-hydrogen) atoms. The smallest absolute Gasteiger partial charge is 0.270 e. The van der Waals surface area contributed by atoms with Gasteiger partial charge in [0.25, 0.3) is 5.91 Å². The average molecular weight is 294 g/mol. The zero-order valence-electron chi connectivity index (χ0n) is 11.5. The van der Waals surface area contributed by atoms with Crippen molar-refractivity contribution in [3.05, 3.63) is 29.6 Å². The maximum atomic E-state index is 11.9. The normalized spacial score (nSPS) is 12.9. The van der Waals surface area contributed by atoms with Crippen molar-refractivity contribution in [1.29, 1.82) is 0 Å². The van der Waals surface area contributed by atoms with Crippen LogP contribution in [0.15, 0.2) is 18.3 Å². The van der Waals surface area contributed by atoms with Gasteiger partial charge in [0.1, 0.15) is 5.69 Å². The Kier molecular flexibility index (Phi) is 6.91. The Labute approximate surface area is 121 Å². The molecule has 108 valence electrons. The first-order chi connectivity index (χ1) is 9.52. The zero-order chi connectivity index (χ0) is 15.0. The average Bonchev–Trinajstić information content (AvgIpc) is 2.38. The third-order valence-corrected chi connectivity index (χ3v) is 3.30. The second-order valence-corrected chi connectivity index (χ2v) is 5.80. The number of carbonyl (C=O) groups is 1. The molecule has 0 fully saturated rings. The quantitative estimate of drug-likeness (QED) is 0.766.